The second kappa shape index (κ2) is 41.3. The van der Waals surface area contributed by atoms with Gasteiger partial charge >= 0.3 is 0 Å². The minimum atomic E-state index is 0.902. The summed E-state index contributed by atoms with van der Waals surface area (Å²) in [6.45, 7) is 20.7. The quantitative estimate of drug-likeness (QED) is 0.252. The van der Waals surface area contributed by atoms with Crippen molar-refractivity contribution >= 4 is 0 Å². The van der Waals surface area contributed by atoms with Gasteiger partial charge in [-0.3, -0.25) is 0 Å². The van der Waals surface area contributed by atoms with E-state index in [1.807, 2.05) is 20.9 Å². The van der Waals surface area contributed by atoms with Crippen molar-refractivity contribution in [1.82, 2.24) is 10.6 Å². The van der Waals surface area contributed by atoms with Gasteiger partial charge in [0.25, 0.3) is 0 Å². The molecule has 0 heterocycles. The predicted molar refractivity (Wildman–Crippen MR) is 136 cm³/mol. The third kappa shape index (κ3) is 56.2. The van der Waals surface area contributed by atoms with Crippen molar-refractivity contribution in [1.29, 1.82) is 0 Å². The predicted octanol–water partition coefficient (Wildman–Crippen LogP) is 8.60. The Kier molecular flexibility index (Phi) is 52.2. The molecule has 0 fully saturated rings. The molecule has 0 aromatic carbocycles. The third-order valence-corrected chi connectivity index (χ3v) is 4.14. The van der Waals surface area contributed by atoms with Crippen LogP contribution in [0.2, 0.25) is 0 Å². The van der Waals surface area contributed by atoms with Gasteiger partial charge in [-0.25, -0.2) is 0 Å². The first kappa shape index (κ1) is 35.4. The van der Waals surface area contributed by atoms with Gasteiger partial charge in [-0.05, 0) is 25.9 Å². The van der Waals surface area contributed by atoms with Crippen LogP contribution in [0.5, 0.6) is 0 Å². The zero-order valence-electron chi connectivity index (χ0n) is 21.9. The molecule has 2 N–H and O–H groups in total. The molecule has 0 spiro atoms. The van der Waals surface area contributed by atoms with Crippen molar-refractivity contribution in [3.63, 3.8) is 0 Å². The van der Waals surface area contributed by atoms with Gasteiger partial charge in [-0.2, -0.15) is 0 Å². The van der Waals surface area contributed by atoms with E-state index in [2.05, 4.69) is 52.2 Å². The Balaban J connectivity index is -0.000000176. The maximum absolute atomic E-state index is 3.32. The number of hydrogen-bond donors (Lipinski definition) is 2. The highest BCUT2D eigenvalue weighted by molar-refractivity contribution is 4.49. The summed E-state index contributed by atoms with van der Waals surface area (Å²) < 4.78 is 0. The van der Waals surface area contributed by atoms with Crippen molar-refractivity contribution in [3.05, 3.63) is 0 Å². The average molecular weight is 403 g/mol. The number of hydrogen-bond acceptors (Lipinski definition) is 2. The lowest BCUT2D eigenvalue weighted by atomic mass is 10.0. The van der Waals surface area contributed by atoms with E-state index < -0.39 is 0 Å². The lowest BCUT2D eigenvalue weighted by Crippen LogP contribution is -2.25. The SMILES string of the molecule is CC.CCC.CCCCCCCCCCCC(C)C.CCCCNCCNC. The van der Waals surface area contributed by atoms with Crippen LogP contribution >= 0.6 is 0 Å². The van der Waals surface area contributed by atoms with Crippen molar-refractivity contribution in [2.75, 3.05) is 26.7 Å². The van der Waals surface area contributed by atoms with Crippen molar-refractivity contribution in [2.24, 2.45) is 5.92 Å². The van der Waals surface area contributed by atoms with E-state index in [-0.39, 0.29) is 0 Å². The van der Waals surface area contributed by atoms with Crippen molar-refractivity contribution in [3.8, 4) is 0 Å². The smallest absolute Gasteiger partial charge is 0.00766 e. The summed E-state index contributed by atoms with van der Waals surface area (Å²) >= 11 is 0. The van der Waals surface area contributed by atoms with E-state index in [4.69, 9.17) is 0 Å². The summed E-state index contributed by atoms with van der Waals surface area (Å²) in [5, 5.41) is 6.41. The summed E-state index contributed by atoms with van der Waals surface area (Å²) in [4.78, 5) is 0. The van der Waals surface area contributed by atoms with Crippen LogP contribution in [0.25, 0.3) is 0 Å². The highest BCUT2D eigenvalue weighted by Crippen LogP contribution is 2.12. The largest absolute Gasteiger partial charge is 0.318 e. The van der Waals surface area contributed by atoms with E-state index >= 15 is 0 Å². The van der Waals surface area contributed by atoms with Crippen LogP contribution in [0, 0.1) is 5.92 Å². The van der Waals surface area contributed by atoms with Crippen LogP contribution in [0.4, 0.5) is 0 Å². The lowest BCUT2D eigenvalue weighted by Gasteiger charge is -2.04. The van der Waals surface area contributed by atoms with E-state index in [1.54, 1.807) is 0 Å². The van der Waals surface area contributed by atoms with Crippen molar-refractivity contribution in [2.45, 2.75) is 139 Å². The molecule has 0 aliphatic carbocycles. The van der Waals surface area contributed by atoms with Gasteiger partial charge in [-0.15, -0.1) is 0 Å². The summed E-state index contributed by atoms with van der Waals surface area (Å²) in [6, 6.07) is 0. The number of rotatable bonds is 16. The zero-order chi connectivity index (χ0) is 22.3. The van der Waals surface area contributed by atoms with E-state index in [0.29, 0.717) is 0 Å². The van der Waals surface area contributed by atoms with Crippen LogP contribution in [-0.4, -0.2) is 26.7 Å². The monoisotopic (exact) mass is 402 g/mol. The molecule has 0 bridgehead atoms. The fraction of sp³-hybridized carbons (Fsp3) is 1.00. The Hall–Kier alpha value is -0.0800. The first-order valence-electron chi connectivity index (χ1n) is 13.0. The number of likely N-dealkylation sites (N-methyl/N-ethyl adjacent to an activating group) is 1. The Labute approximate surface area is 182 Å². The molecule has 0 amide bonds. The second-order valence-electron chi connectivity index (χ2n) is 7.93. The normalized spacial score (nSPS) is 9.64. The molecule has 2 heteroatoms. The molecule has 28 heavy (non-hydrogen) atoms. The second-order valence-corrected chi connectivity index (χ2v) is 7.93. The van der Waals surface area contributed by atoms with Gasteiger partial charge in [0.1, 0.15) is 0 Å². The molecule has 0 aliphatic heterocycles. The van der Waals surface area contributed by atoms with Crippen LogP contribution in [0.3, 0.4) is 0 Å². The highest BCUT2D eigenvalue weighted by Gasteiger charge is 1.94. The standard InChI is InChI=1S/C14H30.C7H18N2.C3H8.C2H6/c1-4-5-6-7-8-9-10-11-12-13-14(2)3;1-3-4-5-9-7-6-8-2;1-3-2;1-2/h14H,4-13H2,1-3H3;8-9H,3-7H2,1-2H3;3H2,1-2H3;1-2H3. The maximum atomic E-state index is 3.32. The Morgan fingerprint density at radius 3 is 1.39 bits per heavy atom. The fourth-order valence-corrected chi connectivity index (χ4v) is 2.50. The van der Waals surface area contributed by atoms with Crippen molar-refractivity contribution < 1.29 is 0 Å². The molecule has 0 atom stereocenters. The molecule has 0 aromatic rings. The molecular weight excluding hydrogens is 340 g/mol. The van der Waals surface area contributed by atoms with Crippen LogP contribution in [0.15, 0.2) is 0 Å². The van der Waals surface area contributed by atoms with Gasteiger partial charge in [-0.1, -0.05) is 132 Å². The van der Waals surface area contributed by atoms with Gasteiger partial charge < -0.3 is 10.6 Å². The molecule has 0 saturated heterocycles. The first-order chi connectivity index (χ1) is 13.6. The summed E-state index contributed by atoms with van der Waals surface area (Å²) in [5.41, 5.74) is 0. The van der Waals surface area contributed by atoms with Crippen LogP contribution in [-0.2, 0) is 0 Å². The molecule has 0 aliphatic rings. The summed E-state index contributed by atoms with van der Waals surface area (Å²) in [6.07, 6.45) is 18.3. The summed E-state index contributed by atoms with van der Waals surface area (Å²) in [5.74, 6) is 0.902. The fourth-order valence-electron chi connectivity index (χ4n) is 2.50. The Morgan fingerprint density at radius 1 is 0.571 bits per heavy atom. The molecular formula is C26H62N2. The molecule has 0 saturated carbocycles. The van der Waals surface area contributed by atoms with Gasteiger partial charge in [0.15, 0.2) is 0 Å². The van der Waals surface area contributed by atoms with E-state index in [0.717, 1.165) is 25.6 Å². The minimum Gasteiger partial charge on any atom is -0.318 e. The zero-order valence-corrected chi connectivity index (χ0v) is 21.9. The number of nitrogens with one attached hydrogen (secondary N) is 2. The molecule has 0 radical (unpaired) electrons. The Morgan fingerprint density at radius 2 is 1.00 bits per heavy atom. The Bertz CT molecular complexity index is 187. The van der Waals surface area contributed by atoms with Gasteiger partial charge in [0.05, 0.1) is 0 Å². The number of unbranched alkanes of at least 4 members (excludes halogenated alkanes) is 9. The lowest BCUT2D eigenvalue weighted by molar-refractivity contribution is 0.507. The van der Waals surface area contributed by atoms with E-state index in [1.165, 1.54) is 83.5 Å². The molecule has 0 aromatic heterocycles. The molecule has 2 nitrogen and oxygen atoms in total. The topological polar surface area (TPSA) is 24.1 Å². The van der Waals surface area contributed by atoms with Crippen LogP contribution in [0.1, 0.15) is 139 Å². The minimum absolute atomic E-state index is 0.902. The summed E-state index contributed by atoms with van der Waals surface area (Å²) in [7, 11) is 1.97. The first-order valence-corrected chi connectivity index (χ1v) is 13.0. The maximum Gasteiger partial charge on any atom is 0.00766 e. The molecule has 176 valence electrons. The third-order valence-electron chi connectivity index (χ3n) is 4.14. The van der Waals surface area contributed by atoms with Gasteiger partial charge in [0, 0.05) is 13.1 Å². The molecule has 0 unspecified atom stereocenters. The van der Waals surface area contributed by atoms with Gasteiger partial charge in [0.2, 0.25) is 0 Å². The molecule has 0 rings (SSSR count). The van der Waals surface area contributed by atoms with E-state index in [9.17, 15) is 0 Å². The highest BCUT2D eigenvalue weighted by atomic mass is 14.9. The van der Waals surface area contributed by atoms with Crippen LogP contribution < -0.4 is 10.6 Å². The average Bonchev–Trinajstić information content (AvgIpc) is 2.69.